The fourth-order valence-corrected chi connectivity index (χ4v) is 4.03. The number of amides is 1. The number of hydrogen-bond donors (Lipinski definition) is 1. The smallest absolute Gasteiger partial charge is 0.257 e. The van der Waals surface area contributed by atoms with Crippen LogP contribution in [0.4, 0.5) is 0 Å². The van der Waals surface area contributed by atoms with Gasteiger partial charge in [0.05, 0.1) is 11.6 Å². The largest absolute Gasteiger partial charge is 0.492 e. The van der Waals surface area contributed by atoms with Crippen LogP contribution in [0.15, 0.2) is 42.6 Å². The SMILES string of the molecule is CCCCCCCCCCCCOc1ccc(OCC(=O)NCCc2cccc[n+]2C)cc1Cl. The molecule has 0 spiro atoms. The summed E-state index contributed by atoms with van der Waals surface area (Å²) >= 11 is 6.34. The van der Waals surface area contributed by atoms with Crippen LogP contribution in [-0.4, -0.2) is 25.7 Å². The normalized spacial score (nSPS) is 10.8. The maximum Gasteiger partial charge on any atom is 0.257 e. The minimum Gasteiger partial charge on any atom is -0.492 e. The van der Waals surface area contributed by atoms with Gasteiger partial charge in [0.25, 0.3) is 5.91 Å². The molecule has 0 radical (unpaired) electrons. The third-order valence-corrected chi connectivity index (χ3v) is 6.19. The lowest BCUT2D eigenvalue weighted by Crippen LogP contribution is -2.36. The molecule has 1 aromatic heterocycles. The molecule has 5 nitrogen and oxygen atoms in total. The Morgan fingerprint density at radius 1 is 0.941 bits per heavy atom. The first kappa shape index (κ1) is 28.0. The quantitative estimate of drug-likeness (QED) is 0.200. The summed E-state index contributed by atoms with van der Waals surface area (Å²) in [7, 11) is 1.99. The number of benzene rings is 1. The van der Waals surface area contributed by atoms with E-state index in [0.717, 1.165) is 18.5 Å². The van der Waals surface area contributed by atoms with E-state index in [-0.39, 0.29) is 12.5 Å². The molecule has 0 saturated heterocycles. The van der Waals surface area contributed by atoms with Crippen molar-refractivity contribution in [3.05, 3.63) is 53.3 Å². The molecule has 34 heavy (non-hydrogen) atoms. The third-order valence-electron chi connectivity index (χ3n) is 5.89. The molecule has 1 amide bonds. The molecule has 0 unspecified atom stereocenters. The molecule has 2 rings (SSSR count). The van der Waals surface area contributed by atoms with E-state index in [0.29, 0.717) is 29.7 Å². The Bertz CT molecular complexity index is 844. The van der Waals surface area contributed by atoms with Crippen molar-refractivity contribution >= 4 is 17.5 Å². The number of carbonyl (C=O) groups is 1. The first-order valence-corrected chi connectivity index (χ1v) is 13.2. The monoisotopic (exact) mass is 489 g/mol. The van der Waals surface area contributed by atoms with Crippen LogP contribution in [0, 0.1) is 0 Å². The molecular formula is C28H42ClN2O3+. The van der Waals surface area contributed by atoms with Crippen molar-refractivity contribution in [1.82, 2.24) is 5.32 Å². The lowest BCUT2D eigenvalue weighted by Gasteiger charge is -2.11. The Labute approximate surface area is 210 Å². The van der Waals surface area contributed by atoms with Crippen LogP contribution in [0.1, 0.15) is 76.8 Å². The molecule has 1 heterocycles. The highest BCUT2D eigenvalue weighted by molar-refractivity contribution is 6.32. The number of aromatic nitrogens is 1. The molecular weight excluding hydrogens is 448 g/mol. The second-order valence-corrected chi connectivity index (χ2v) is 9.22. The Morgan fingerprint density at radius 3 is 2.32 bits per heavy atom. The number of pyridine rings is 1. The van der Waals surface area contributed by atoms with E-state index in [9.17, 15) is 4.79 Å². The zero-order valence-electron chi connectivity index (χ0n) is 21.0. The van der Waals surface area contributed by atoms with Gasteiger partial charge in [-0.1, -0.05) is 82.4 Å². The number of unbranched alkanes of at least 4 members (excludes halogenated alkanes) is 9. The summed E-state index contributed by atoms with van der Waals surface area (Å²) in [4.78, 5) is 12.1. The predicted molar refractivity (Wildman–Crippen MR) is 139 cm³/mol. The van der Waals surface area contributed by atoms with Crippen LogP contribution in [-0.2, 0) is 18.3 Å². The summed E-state index contributed by atoms with van der Waals surface area (Å²) in [5, 5.41) is 3.38. The van der Waals surface area contributed by atoms with Crippen molar-refractivity contribution in [2.75, 3.05) is 19.8 Å². The third kappa shape index (κ3) is 11.7. The highest BCUT2D eigenvalue weighted by atomic mass is 35.5. The van der Waals surface area contributed by atoms with Crippen molar-refractivity contribution in [3.8, 4) is 11.5 Å². The number of carbonyl (C=O) groups excluding carboxylic acids is 1. The van der Waals surface area contributed by atoms with Crippen LogP contribution in [0.2, 0.25) is 5.02 Å². The van der Waals surface area contributed by atoms with Gasteiger partial charge in [0.2, 0.25) is 0 Å². The van der Waals surface area contributed by atoms with Gasteiger partial charge in [-0.2, -0.15) is 0 Å². The Kier molecular flexibility index (Phi) is 14.2. The highest BCUT2D eigenvalue weighted by Gasteiger charge is 2.08. The van der Waals surface area contributed by atoms with Crippen LogP contribution < -0.4 is 19.4 Å². The van der Waals surface area contributed by atoms with E-state index in [1.165, 1.54) is 57.8 Å². The lowest BCUT2D eigenvalue weighted by molar-refractivity contribution is -0.679. The molecule has 1 N–H and O–H groups in total. The van der Waals surface area contributed by atoms with Crippen LogP contribution in [0.25, 0.3) is 0 Å². The van der Waals surface area contributed by atoms with Gasteiger partial charge in [-0.05, 0) is 18.6 Å². The average molecular weight is 490 g/mol. The first-order valence-electron chi connectivity index (χ1n) is 12.9. The summed E-state index contributed by atoms with van der Waals surface area (Å²) < 4.78 is 13.5. The Hall–Kier alpha value is -2.27. The molecule has 0 saturated carbocycles. The predicted octanol–water partition coefficient (Wildman–Crippen LogP) is 6.20. The standard InChI is InChI=1S/C28H41ClN2O3/c1-3-4-5-6-7-8-9-10-11-14-21-33-27-17-16-25(22-26(27)29)34-23-28(32)30-19-18-24-15-12-13-20-31(24)2/h12-13,15-17,20,22H,3-11,14,18-19,21,23H2,1-2H3/p+1. The number of nitrogens with one attached hydrogen (secondary N) is 1. The molecule has 0 bridgehead atoms. The van der Waals surface area contributed by atoms with Gasteiger partial charge in [-0.3, -0.25) is 4.79 Å². The first-order chi connectivity index (χ1) is 16.6. The molecule has 0 aliphatic rings. The topological polar surface area (TPSA) is 51.4 Å². The fourth-order valence-electron chi connectivity index (χ4n) is 3.81. The van der Waals surface area contributed by atoms with Gasteiger partial charge in [-0.15, -0.1) is 0 Å². The molecule has 188 valence electrons. The van der Waals surface area contributed by atoms with Crippen molar-refractivity contribution in [2.45, 2.75) is 77.6 Å². The number of halogens is 1. The molecule has 6 heteroatoms. The summed E-state index contributed by atoms with van der Waals surface area (Å²) in [5.41, 5.74) is 1.16. The van der Waals surface area contributed by atoms with Crippen LogP contribution >= 0.6 is 11.6 Å². The molecule has 0 fully saturated rings. The van der Waals surface area contributed by atoms with E-state index in [1.807, 2.05) is 36.0 Å². The maximum absolute atomic E-state index is 12.1. The lowest BCUT2D eigenvalue weighted by atomic mass is 10.1. The van der Waals surface area contributed by atoms with Crippen molar-refractivity contribution in [1.29, 1.82) is 0 Å². The molecule has 0 aliphatic carbocycles. The van der Waals surface area contributed by atoms with Crippen molar-refractivity contribution in [3.63, 3.8) is 0 Å². The second kappa shape index (κ2) is 17.2. The van der Waals surface area contributed by atoms with E-state index in [1.54, 1.807) is 18.2 Å². The van der Waals surface area contributed by atoms with Gasteiger partial charge < -0.3 is 14.8 Å². The summed E-state index contributed by atoms with van der Waals surface area (Å²) in [5.74, 6) is 1.06. The van der Waals surface area contributed by atoms with Gasteiger partial charge in [0.1, 0.15) is 18.5 Å². The van der Waals surface area contributed by atoms with Crippen molar-refractivity contribution < 1.29 is 18.8 Å². The second-order valence-electron chi connectivity index (χ2n) is 8.81. The highest BCUT2D eigenvalue weighted by Crippen LogP contribution is 2.29. The minimum absolute atomic E-state index is 0.0456. The average Bonchev–Trinajstić information content (AvgIpc) is 2.83. The van der Waals surface area contributed by atoms with Crippen LogP contribution in [0.5, 0.6) is 11.5 Å². The maximum atomic E-state index is 12.1. The molecule has 2 aromatic rings. The Morgan fingerprint density at radius 2 is 1.65 bits per heavy atom. The van der Waals surface area contributed by atoms with Crippen LogP contribution in [0.3, 0.4) is 0 Å². The molecule has 0 aliphatic heterocycles. The molecule has 1 aromatic carbocycles. The van der Waals surface area contributed by atoms with Gasteiger partial charge in [0, 0.05) is 31.2 Å². The van der Waals surface area contributed by atoms with E-state index in [2.05, 4.69) is 12.2 Å². The number of rotatable bonds is 18. The van der Waals surface area contributed by atoms with Crippen molar-refractivity contribution in [2.24, 2.45) is 7.05 Å². The number of nitrogens with zero attached hydrogens (tertiary/aromatic N) is 1. The summed E-state index contributed by atoms with van der Waals surface area (Å²) in [6.07, 6.45) is 15.7. The minimum atomic E-state index is -0.156. The Balaban J connectivity index is 1.55. The van der Waals surface area contributed by atoms with E-state index < -0.39 is 0 Å². The van der Waals surface area contributed by atoms with Gasteiger partial charge >= 0.3 is 0 Å². The van der Waals surface area contributed by atoms with E-state index >= 15 is 0 Å². The fraction of sp³-hybridized carbons (Fsp3) is 0.571. The zero-order chi connectivity index (χ0) is 24.4. The van der Waals surface area contributed by atoms with E-state index in [4.69, 9.17) is 21.1 Å². The number of aryl methyl sites for hydroxylation is 1. The number of hydrogen-bond acceptors (Lipinski definition) is 3. The summed E-state index contributed by atoms with van der Waals surface area (Å²) in [6.45, 7) is 3.44. The summed E-state index contributed by atoms with van der Waals surface area (Å²) in [6, 6.07) is 11.3. The molecule has 0 atom stereocenters. The van der Waals surface area contributed by atoms with Gasteiger partial charge in [0.15, 0.2) is 18.5 Å². The zero-order valence-corrected chi connectivity index (χ0v) is 21.7. The van der Waals surface area contributed by atoms with Gasteiger partial charge in [-0.25, -0.2) is 4.57 Å². The number of ether oxygens (including phenoxy) is 2.